The lowest BCUT2D eigenvalue weighted by molar-refractivity contribution is -0.141. The molecule has 6 nitrogen and oxygen atoms in total. The van der Waals surface area contributed by atoms with Gasteiger partial charge in [-0.3, -0.25) is 9.59 Å². The Balaban J connectivity index is 1.99. The molecular formula is C20H24N2O4. The molecule has 0 radical (unpaired) electrons. The van der Waals surface area contributed by atoms with E-state index in [-0.39, 0.29) is 5.91 Å². The highest BCUT2D eigenvalue weighted by Crippen LogP contribution is 2.16. The van der Waals surface area contributed by atoms with E-state index in [2.05, 4.69) is 5.32 Å². The Morgan fingerprint density at radius 1 is 1.19 bits per heavy atom. The maximum atomic E-state index is 12.3. The van der Waals surface area contributed by atoms with Crippen molar-refractivity contribution in [2.75, 3.05) is 26.0 Å². The Morgan fingerprint density at radius 2 is 1.88 bits per heavy atom. The molecule has 26 heavy (non-hydrogen) atoms. The van der Waals surface area contributed by atoms with Gasteiger partial charge in [-0.2, -0.15) is 0 Å². The average molecular weight is 356 g/mol. The van der Waals surface area contributed by atoms with E-state index in [0.717, 1.165) is 5.56 Å². The van der Waals surface area contributed by atoms with Gasteiger partial charge >= 0.3 is 5.97 Å². The van der Waals surface area contributed by atoms with Gasteiger partial charge in [0, 0.05) is 24.3 Å². The Kier molecular flexibility index (Phi) is 6.74. The number of nitrogens with one attached hydrogen (secondary N) is 1. The van der Waals surface area contributed by atoms with E-state index < -0.39 is 11.9 Å². The van der Waals surface area contributed by atoms with E-state index >= 15 is 0 Å². The first kappa shape index (κ1) is 19.5. The summed E-state index contributed by atoms with van der Waals surface area (Å²) >= 11 is 0. The fourth-order valence-electron chi connectivity index (χ4n) is 2.61. The number of carboxylic acid groups (broad SMARTS) is 1. The topological polar surface area (TPSA) is 78.9 Å². The van der Waals surface area contributed by atoms with Crippen LogP contribution in [-0.2, 0) is 11.3 Å². The van der Waals surface area contributed by atoms with E-state index in [0.29, 0.717) is 30.1 Å². The van der Waals surface area contributed by atoms with Crippen molar-refractivity contribution in [2.24, 2.45) is 5.92 Å². The van der Waals surface area contributed by atoms with Crippen LogP contribution in [0, 0.1) is 5.92 Å². The molecule has 2 aromatic rings. The molecule has 0 saturated carbocycles. The van der Waals surface area contributed by atoms with Crippen LogP contribution in [0.2, 0.25) is 0 Å². The molecule has 0 aromatic heterocycles. The largest absolute Gasteiger partial charge is 0.497 e. The highest BCUT2D eigenvalue weighted by Gasteiger charge is 2.14. The number of carboxylic acids is 1. The third-order valence-corrected chi connectivity index (χ3v) is 4.00. The summed E-state index contributed by atoms with van der Waals surface area (Å²) in [5, 5.41) is 11.9. The molecule has 0 aliphatic rings. The van der Waals surface area contributed by atoms with Gasteiger partial charge in [-0.15, -0.1) is 0 Å². The summed E-state index contributed by atoms with van der Waals surface area (Å²) in [4.78, 5) is 25.2. The Hall–Kier alpha value is -2.86. The predicted molar refractivity (Wildman–Crippen MR) is 101 cm³/mol. The zero-order chi connectivity index (χ0) is 19.1. The number of nitrogens with zero attached hydrogens (tertiary/aromatic N) is 1. The van der Waals surface area contributed by atoms with Crippen molar-refractivity contribution >= 4 is 17.6 Å². The Morgan fingerprint density at radius 3 is 2.50 bits per heavy atom. The normalized spacial score (nSPS) is 11.8. The van der Waals surface area contributed by atoms with Gasteiger partial charge in [0.2, 0.25) is 0 Å². The molecule has 0 aliphatic heterocycles. The molecule has 2 aromatic carbocycles. The fraction of sp³-hybridized carbons (Fsp3) is 0.300. The number of benzene rings is 2. The van der Waals surface area contributed by atoms with Crippen molar-refractivity contribution < 1.29 is 19.4 Å². The van der Waals surface area contributed by atoms with Crippen LogP contribution in [-0.4, -0.2) is 42.6 Å². The van der Waals surface area contributed by atoms with Crippen molar-refractivity contribution in [3.63, 3.8) is 0 Å². The van der Waals surface area contributed by atoms with Gasteiger partial charge in [0.1, 0.15) is 5.75 Å². The molecule has 0 saturated heterocycles. The van der Waals surface area contributed by atoms with Gasteiger partial charge in [-0.05, 0) is 49.0 Å². The zero-order valence-electron chi connectivity index (χ0n) is 15.2. The van der Waals surface area contributed by atoms with Crippen LogP contribution in [0.3, 0.4) is 0 Å². The zero-order valence-corrected chi connectivity index (χ0v) is 15.2. The first-order chi connectivity index (χ1) is 12.4. The minimum absolute atomic E-state index is 0.197. The van der Waals surface area contributed by atoms with Gasteiger partial charge in [0.05, 0.1) is 13.0 Å². The van der Waals surface area contributed by atoms with Crippen LogP contribution in [0.4, 0.5) is 5.69 Å². The predicted octanol–water partition coefficient (Wildman–Crippen LogP) is 3.10. The first-order valence-electron chi connectivity index (χ1n) is 8.34. The van der Waals surface area contributed by atoms with Gasteiger partial charge in [0.15, 0.2) is 0 Å². The number of methoxy groups -OCH3 is 1. The van der Waals surface area contributed by atoms with Gasteiger partial charge in [-0.25, -0.2) is 0 Å². The van der Waals surface area contributed by atoms with E-state index in [4.69, 9.17) is 9.84 Å². The third-order valence-electron chi connectivity index (χ3n) is 4.00. The molecule has 0 heterocycles. The molecule has 0 spiro atoms. The number of aliphatic carboxylic acids is 1. The second-order valence-corrected chi connectivity index (χ2v) is 6.32. The molecule has 2 rings (SSSR count). The first-order valence-corrected chi connectivity index (χ1v) is 8.34. The fourth-order valence-corrected chi connectivity index (χ4v) is 2.61. The lowest BCUT2D eigenvalue weighted by Gasteiger charge is -2.19. The summed E-state index contributed by atoms with van der Waals surface area (Å²) in [7, 11) is 3.46. The summed E-state index contributed by atoms with van der Waals surface area (Å²) in [6, 6.07) is 14.4. The highest BCUT2D eigenvalue weighted by atomic mass is 16.5. The van der Waals surface area contributed by atoms with Gasteiger partial charge < -0.3 is 20.1 Å². The monoisotopic (exact) mass is 356 g/mol. The standard InChI is InChI=1S/C20H24N2O4/c1-14(20(24)25)12-22(2)13-15-5-4-6-17(11-15)21-19(23)16-7-9-18(26-3)10-8-16/h4-11,14H,12-13H2,1-3H3,(H,21,23)(H,24,25). The van der Waals surface area contributed by atoms with Gasteiger partial charge in [0.25, 0.3) is 5.91 Å². The number of carbonyl (C=O) groups excluding carboxylic acids is 1. The lowest BCUT2D eigenvalue weighted by atomic mass is 10.1. The SMILES string of the molecule is COc1ccc(C(=O)Nc2cccc(CN(C)CC(C)C(=O)O)c2)cc1. The smallest absolute Gasteiger partial charge is 0.307 e. The van der Waals surface area contributed by atoms with Crippen LogP contribution in [0.5, 0.6) is 5.75 Å². The molecule has 0 aliphatic carbocycles. The van der Waals surface area contributed by atoms with Crippen LogP contribution in [0.1, 0.15) is 22.8 Å². The number of amides is 1. The molecule has 1 amide bonds. The van der Waals surface area contributed by atoms with Gasteiger partial charge in [-0.1, -0.05) is 19.1 Å². The molecule has 138 valence electrons. The van der Waals surface area contributed by atoms with Crippen molar-refractivity contribution in [3.05, 3.63) is 59.7 Å². The summed E-state index contributed by atoms with van der Waals surface area (Å²) in [6.45, 7) is 2.74. The summed E-state index contributed by atoms with van der Waals surface area (Å²) in [5.41, 5.74) is 2.24. The Labute approximate surface area is 153 Å². The maximum Gasteiger partial charge on any atom is 0.307 e. The number of rotatable bonds is 8. The van der Waals surface area contributed by atoms with E-state index in [1.807, 2.05) is 36.2 Å². The molecule has 0 bridgehead atoms. The third kappa shape index (κ3) is 5.60. The quantitative estimate of drug-likeness (QED) is 0.760. The number of hydrogen-bond acceptors (Lipinski definition) is 4. The van der Waals surface area contributed by atoms with Crippen LogP contribution >= 0.6 is 0 Å². The number of hydrogen-bond donors (Lipinski definition) is 2. The number of carbonyl (C=O) groups is 2. The van der Waals surface area contributed by atoms with E-state index in [1.54, 1.807) is 38.3 Å². The van der Waals surface area contributed by atoms with Crippen molar-refractivity contribution in [1.29, 1.82) is 0 Å². The van der Waals surface area contributed by atoms with Crippen LogP contribution < -0.4 is 10.1 Å². The number of ether oxygens (including phenoxy) is 1. The minimum atomic E-state index is -0.808. The van der Waals surface area contributed by atoms with Crippen LogP contribution in [0.25, 0.3) is 0 Å². The van der Waals surface area contributed by atoms with E-state index in [1.165, 1.54) is 0 Å². The van der Waals surface area contributed by atoms with Crippen molar-refractivity contribution in [1.82, 2.24) is 4.90 Å². The minimum Gasteiger partial charge on any atom is -0.497 e. The molecule has 1 atom stereocenters. The molecular weight excluding hydrogens is 332 g/mol. The highest BCUT2D eigenvalue weighted by molar-refractivity contribution is 6.04. The second kappa shape index (κ2) is 9.01. The second-order valence-electron chi connectivity index (χ2n) is 6.32. The Bertz CT molecular complexity index is 759. The lowest BCUT2D eigenvalue weighted by Crippen LogP contribution is -2.28. The molecule has 2 N–H and O–H groups in total. The summed E-state index contributed by atoms with van der Waals surface area (Å²) in [5.74, 6) is -0.741. The molecule has 6 heteroatoms. The van der Waals surface area contributed by atoms with Crippen LogP contribution in [0.15, 0.2) is 48.5 Å². The van der Waals surface area contributed by atoms with Crippen molar-refractivity contribution in [3.8, 4) is 5.75 Å². The number of anilines is 1. The summed E-state index contributed by atoms with van der Waals surface area (Å²) in [6.07, 6.45) is 0. The van der Waals surface area contributed by atoms with E-state index in [9.17, 15) is 9.59 Å². The molecule has 1 unspecified atom stereocenters. The maximum absolute atomic E-state index is 12.3. The summed E-state index contributed by atoms with van der Waals surface area (Å²) < 4.78 is 5.09. The molecule has 0 fully saturated rings. The average Bonchev–Trinajstić information content (AvgIpc) is 2.61. The van der Waals surface area contributed by atoms with Crippen molar-refractivity contribution in [2.45, 2.75) is 13.5 Å².